The number of imidazole rings is 1. The molecule has 0 aliphatic heterocycles. The zero-order chi connectivity index (χ0) is 16.8. The Balaban J connectivity index is 1.82. The van der Waals surface area contributed by atoms with Gasteiger partial charge in [-0.2, -0.15) is 0 Å². The summed E-state index contributed by atoms with van der Waals surface area (Å²) in [5.41, 5.74) is 6.72. The van der Waals surface area contributed by atoms with E-state index >= 15 is 0 Å². The summed E-state index contributed by atoms with van der Waals surface area (Å²) in [6.45, 7) is 4.32. The van der Waals surface area contributed by atoms with Crippen LogP contribution in [0.25, 0.3) is 6.08 Å². The first-order valence-electron chi connectivity index (χ1n) is 8.49. The first kappa shape index (κ1) is 16.3. The van der Waals surface area contributed by atoms with Gasteiger partial charge in [-0.25, -0.2) is 4.98 Å². The van der Waals surface area contributed by atoms with Crippen molar-refractivity contribution in [2.75, 3.05) is 0 Å². The van der Waals surface area contributed by atoms with Gasteiger partial charge in [-0.15, -0.1) is 0 Å². The van der Waals surface area contributed by atoms with Crippen LogP contribution in [0.2, 0.25) is 0 Å². The van der Waals surface area contributed by atoms with E-state index in [2.05, 4.69) is 78.4 Å². The smallest absolute Gasteiger partial charge is 0.110 e. The minimum Gasteiger partial charge on any atom is -0.348 e. The molecule has 0 saturated heterocycles. The Morgan fingerprint density at radius 3 is 2.62 bits per heavy atom. The number of H-pyrrole nitrogens is 1. The normalized spacial score (nSPS) is 11.7. The van der Waals surface area contributed by atoms with Crippen LogP contribution < -0.4 is 0 Å². The van der Waals surface area contributed by atoms with Gasteiger partial charge in [0.15, 0.2) is 0 Å². The van der Waals surface area contributed by atoms with Crippen LogP contribution in [0, 0.1) is 13.8 Å². The van der Waals surface area contributed by atoms with Crippen molar-refractivity contribution in [2.24, 2.45) is 0 Å². The fraction of sp³-hybridized carbons (Fsp3) is 0.227. The highest BCUT2D eigenvalue weighted by Gasteiger charge is 2.05. The number of hydrogen-bond donors (Lipinski definition) is 1. The molecule has 0 atom stereocenters. The Labute approximate surface area is 144 Å². The van der Waals surface area contributed by atoms with E-state index in [0.717, 1.165) is 25.1 Å². The molecule has 0 spiro atoms. The number of nitrogens with zero attached hydrogens (tertiary/aromatic N) is 1. The van der Waals surface area contributed by atoms with E-state index in [1.54, 1.807) is 0 Å². The van der Waals surface area contributed by atoms with Crippen LogP contribution in [0.4, 0.5) is 0 Å². The zero-order valence-electron chi connectivity index (χ0n) is 14.4. The van der Waals surface area contributed by atoms with Crippen molar-refractivity contribution in [3.8, 4) is 0 Å². The lowest BCUT2D eigenvalue weighted by Gasteiger charge is -2.09. The first-order valence-corrected chi connectivity index (χ1v) is 8.49. The number of hydrogen-bond acceptors (Lipinski definition) is 1. The quantitative estimate of drug-likeness (QED) is 0.658. The second kappa shape index (κ2) is 7.78. The molecule has 2 heteroatoms. The number of allylic oxidation sites excluding steroid dienone is 1. The van der Waals surface area contributed by atoms with Gasteiger partial charge in [0.2, 0.25) is 0 Å². The number of aryl methyl sites for hydroxylation is 3. The fourth-order valence-corrected chi connectivity index (χ4v) is 2.98. The van der Waals surface area contributed by atoms with Crippen molar-refractivity contribution in [2.45, 2.75) is 33.1 Å². The number of benzene rings is 2. The minimum absolute atomic E-state index is 0.868. The van der Waals surface area contributed by atoms with Crippen LogP contribution in [-0.4, -0.2) is 9.97 Å². The predicted octanol–water partition coefficient (Wildman–Crippen LogP) is 5.29. The maximum atomic E-state index is 4.39. The summed E-state index contributed by atoms with van der Waals surface area (Å²) in [5, 5.41) is 0. The molecule has 0 bridgehead atoms. The minimum atomic E-state index is 0.868. The Morgan fingerprint density at radius 1 is 1.08 bits per heavy atom. The summed E-state index contributed by atoms with van der Waals surface area (Å²) in [5.74, 6) is 1.03. The molecule has 0 fully saturated rings. The van der Waals surface area contributed by atoms with Crippen molar-refractivity contribution < 1.29 is 0 Å². The molecule has 1 heterocycles. The van der Waals surface area contributed by atoms with Crippen molar-refractivity contribution in [1.29, 1.82) is 0 Å². The third-order valence-electron chi connectivity index (χ3n) is 4.31. The molecule has 0 saturated carbocycles. The Morgan fingerprint density at radius 2 is 1.92 bits per heavy atom. The topological polar surface area (TPSA) is 28.7 Å². The van der Waals surface area contributed by atoms with E-state index in [-0.39, 0.29) is 0 Å². The van der Waals surface area contributed by atoms with Gasteiger partial charge in [0, 0.05) is 18.8 Å². The molecular weight excluding hydrogens is 292 g/mol. The van der Waals surface area contributed by atoms with Crippen molar-refractivity contribution in [3.63, 3.8) is 0 Å². The molecule has 1 N–H and O–H groups in total. The third kappa shape index (κ3) is 4.45. The summed E-state index contributed by atoms with van der Waals surface area (Å²) >= 11 is 0. The molecule has 0 aliphatic carbocycles. The van der Waals surface area contributed by atoms with Crippen molar-refractivity contribution in [1.82, 2.24) is 9.97 Å². The second-order valence-corrected chi connectivity index (χ2v) is 6.36. The van der Waals surface area contributed by atoms with E-state index in [1.165, 1.54) is 27.8 Å². The molecular formula is C22H24N2. The Bertz CT molecular complexity index is 799. The SMILES string of the molecule is Cc1ccc(C=C(CCc2ccccc2)Cc2ncc[nH]2)c(C)c1. The van der Waals surface area contributed by atoms with E-state index in [1.807, 2.05) is 12.4 Å². The molecule has 2 aromatic carbocycles. The molecule has 2 nitrogen and oxygen atoms in total. The number of nitrogens with one attached hydrogen (secondary N) is 1. The van der Waals surface area contributed by atoms with Gasteiger partial charge >= 0.3 is 0 Å². The molecule has 1 aromatic heterocycles. The predicted molar refractivity (Wildman–Crippen MR) is 101 cm³/mol. The standard InChI is InChI=1S/C22H24N2/c1-17-8-11-21(18(2)14-17)15-20(16-22-23-12-13-24-22)10-9-19-6-4-3-5-7-19/h3-8,11-15H,9-10,16H2,1-2H3,(H,23,24). The van der Waals surface area contributed by atoms with Gasteiger partial charge < -0.3 is 4.98 Å². The molecule has 3 rings (SSSR count). The van der Waals surface area contributed by atoms with Crippen LogP contribution >= 0.6 is 0 Å². The maximum Gasteiger partial charge on any atom is 0.110 e. The van der Waals surface area contributed by atoms with Gasteiger partial charge in [-0.3, -0.25) is 0 Å². The molecule has 122 valence electrons. The van der Waals surface area contributed by atoms with Gasteiger partial charge in [0.25, 0.3) is 0 Å². The first-order chi connectivity index (χ1) is 11.7. The Kier molecular flexibility index (Phi) is 5.27. The van der Waals surface area contributed by atoms with Crippen LogP contribution in [0.1, 0.15) is 34.5 Å². The largest absolute Gasteiger partial charge is 0.348 e. The maximum absolute atomic E-state index is 4.39. The van der Waals surface area contributed by atoms with Crippen LogP contribution in [-0.2, 0) is 12.8 Å². The molecule has 24 heavy (non-hydrogen) atoms. The van der Waals surface area contributed by atoms with Crippen molar-refractivity contribution in [3.05, 3.63) is 94.6 Å². The lowest BCUT2D eigenvalue weighted by Crippen LogP contribution is -1.97. The molecule has 0 radical (unpaired) electrons. The molecule has 0 amide bonds. The Hall–Kier alpha value is -2.61. The third-order valence-corrected chi connectivity index (χ3v) is 4.31. The van der Waals surface area contributed by atoms with Gasteiger partial charge in [-0.05, 0) is 43.4 Å². The van der Waals surface area contributed by atoms with Gasteiger partial charge in [0.05, 0.1) is 0 Å². The van der Waals surface area contributed by atoms with Crippen LogP contribution in [0.15, 0.2) is 66.5 Å². The summed E-state index contributed by atoms with van der Waals surface area (Å²) in [4.78, 5) is 7.62. The van der Waals surface area contributed by atoms with Gasteiger partial charge in [0.1, 0.15) is 5.82 Å². The average Bonchev–Trinajstić information content (AvgIpc) is 3.09. The lowest BCUT2D eigenvalue weighted by atomic mass is 9.97. The van der Waals surface area contributed by atoms with E-state index in [4.69, 9.17) is 0 Å². The highest BCUT2D eigenvalue weighted by atomic mass is 14.9. The summed E-state index contributed by atoms with van der Waals surface area (Å²) in [6.07, 6.45) is 9.01. The van der Waals surface area contributed by atoms with E-state index in [0.29, 0.717) is 0 Å². The summed E-state index contributed by atoms with van der Waals surface area (Å²) in [7, 11) is 0. The second-order valence-electron chi connectivity index (χ2n) is 6.36. The highest BCUT2D eigenvalue weighted by molar-refractivity contribution is 5.57. The van der Waals surface area contributed by atoms with Crippen LogP contribution in [0.3, 0.4) is 0 Å². The van der Waals surface area contributed by atoms with Crippen LogP contribution in [0.5, 0.6) is 0 Å². The number of aromatic nitrogens is 2. The fourth-order valence-electron chi connectivity index (χ4n) is 2.98. The number of rotatable bonds is 6. The monoisotopic (exact) mass is 316 g/mol. The lowest BCUT2D eigenvalue weighted by molar-refractivity contribution is 0.878. The van der Waals surface area contributed by atoms with E-state index in [9.17, 15) is 0 Å². The highest BCUT2D eigenvalue weighted by Crippen LogP contribution is 2.20. The molecule has 0 unspecified atom stereocenters. The summed E-state index contributed by atoms with van der Waals surface area (Å²) < 4.78 is 0. The van der Waals surface area contributed by atoms with Crippen molar-refractivity contribution >= 4 is 6.08 Å². The molecule has 3 aromatic rings. The summed E-state index contributed by atoms with van der Waals surface area (Å²) in [6, 6.07) is 17.3. The van der Waals surface area contributed by atoms with E-state index < -0.39 is 0 Å². The number of aromatic amines is 1. The zero-order valence-corrected chi connectivity index (χ0v) is 14.4. The average molecular weight is 316 g/mol. The van der Waals surface area contributed by atoms with Gasteiger partial charge in [-0.1, -0.05) is 65.7 Å². The molecule has 0 aliphatic rings.